The molecule has 5 nitrogen and oxygen atoms in total. The molecule has 0 saturated carbocycles. The average Bonchev–Trinajstić information content (AvgIpc) is 2.95. The van der Waals surface area contributed by atoms with Crippen molar-refractivity contribution in [1.82, 2.24) is 10.2 Å². The molecule has 0 aliphatic carbocycles. The predicted molar refractivity (Wildman–Crippen MR) is 72.6 cm³/mol. The molecule has 5 heteroatoms. The fourth-order valence-electron chi connectivity index (χ4n) is 2.42. The Kier molecular flexibility index (Phi) is 2.63. The van der Waals surface area contributed by atoms with E-state index in [-0.39, 0.29) is 5.60 Å². The average molecular weight is 246 g/mol. The van der Waals surface area contributed by atoms with Crippen LogP contribution in [0, 0.1) is 0 Å². The molecule has 0 amide bonds. The van der Waals surface area contributed by atoms with Crippen LogP contribution in [-0.2, 0) is 4.74 Å². The van der Waals surface area contributed by atoms with Crippen LogP contribution in [0.5, 0.6) is 0 Å². The molecule has 1 atom stereocenters. The number of anilines is 2. The normalized spacial score (nSPS) is 23.6. The first kappa shape index (κ1) is 11.3. The van der Waals surface area contributed by atoms with Crippen LogP contribution in [0.2, 0.25) is 0 Å². The molecule has 1 aromatic heterocycles. The van der Waals surface area contributed by atoms with Crippen LogP contribution in [0.3, 0.4) is 0 Å². The molecule has 96 valence electrons. The predicted octanol–water partition coefficient (Wildman–Crippen LogP) is 2.13. The highest BCUT2D eigenvalue weighted by molar-refractivity contribution is 5.88. The number of fused-ring (bicyclic) bond motifs is 1. The summed E-state index contributed by atoms with van der Waals surface area (Å²) in [6.07, 6.45) is 4.00. The Hall–Kier alpha value is -1.75. The van der Waals surface area contributed by atoms with Crippen molar-refractivity contribution in [1.29, 1.82) is 0 Å². The van der Waals surface area contributed by atoms with Gasteiger partial charge in [0, 0.05) is 18.5 Å². The van der Waals surface area contributed by atoms with Crippen LogP contribution in [0.4, 0.5) is 11.4 Å². The van der Waals surface area contributed by atoms with Crippen LogP contribution < -0.4 is 11.1 Å². The van der Waals surface area contributed by atoms with E-state index in [0.29, 0.717) is 0 Å². The summed E-state index contributed by atoms with van der Waals surface area (Å²) in [6.45, 7) is 3.77. The van der Waals surface area contributed by atoms with Crippen molar-refractivity contribution in [3.05, 3.63) is 18.3 Å². The molecule has 0 radical (unpaired) electrons. The van der Waals surface area contributed by atoms with E-state index in [2.05, 4.69) is 22.4 Å². The third-order valence-corrected chi connectivity index (χ3v) is 3.56. The molecule has 2 heterocycles. The minimum Gasteiger partial charge on any atom is -0.397 e. The molecule has 1 unspecified atom stereocenters. The summed E-state index contributed by atoms with van der Waals surface area (Å²) in [4.78, 5) is 0. The van der Waals surface area contributed by atoms with Crippen LogP contribution in [0.15, 0.2) is 18.3 Å². The smallest absolute Gasteiger partial charge is 0.0826 e. The van der Waals surface area contributed by atoms with Gasteiger partial charge in [0.25, 0.3) is 0 Å². The van der Waals surface area contributed by atoms with Gasteiger partial charge in [-0.2, -0.15) is 5.10 Å². The highest BCUT2D eigenvalue weighted by Gasteiger charge is 2.29. The number of nitrogen functional groups attached to an aromatic ring is 1. The van der Waals surface area contributed by atoms with Crippen molar-refractivity contribution in [3.8, 4) is 0 Å². The second-order valence-corrected chi connectivity index (χ2v) is 5.15. The maximum Gasteiger partial charge on any atom is 0.0826 e. The Morgan fingerprint density at radius 1 is 1.56 bits per heavy atom. The van der Waals surface area contributed by atoms with Crippen molar-refractivity contribution in [2.45, 2.75) is 25.4 Å². The largest absolute Gasteiger partial charge is 0.397 e. The molecular weight excluding hydrogens is 228 g/mol. The number of rotatable bonds is 3. The molecule has 0 bridgehead atoms. The molecule has 4 N–H and O–H groups in total. The van der Waals surface area contributed by atoms with Gasteiger partial charge in [-0.05, 0) is 31.9 Å². The second-order valence-electron chi connectivity index (χ2n) is 5.15. The summed E-state index contributed by atoms with van der Waals surface area (Å²) in [6, 6.07) is 3.93. The minimum absolute atomic E-state index is 0.0740. The fourth-order valence-corrected chi connectivity index (χ4v) is 2.42. The van der Waals surface area contributed by atoms with E-state index in [1.165, 1.54) is 0 Å². The van der Waals surface area contributed by atoms with Gasteiger partial charge in [0.05, 0.1) is 28.7 Å². The molecule has 2 aromatic rings. The number of aromatic amines is 1. The highest BCUT2D eigenvalue weighted by Crippen LogP contribution is 2.28. The summed E-state index contributed by atoms with van der Waals surface area (Å²) in [5.74, 6) is 0. The molecule has 1 aliphatic heterocycles. The van der Waals surface area contributed by atoms with Gasteiger partial charge in [0.1, 0.15) is 0 Å². The van der Waals surface area contributed by atoms with Crippen LogP contribution in [0.1, 0.15) is 19.8 Å². The molecule has 1 saturated heterocycles. The Labute approximate surface area is 106 Å². The van der Waals surface area contributed by atoms with Gasteiger partial charge in [-0.25, -0.2) is 0 Å². The topological polar surface area (TPSA) is 76.0 Å². The Morgan fingerprint density at radius 3 is 3.22 bits per heavy atom. The van der Waals surface area contributed by atoms with E-state index >= 15 is 0 Å². The summed E-state index contributed by atoms with van der Waals surface area (Å²) in [5, 5.41) is 11.4. The molecule has 18 heavy (non-hydrogen) atoms. The van der Waals surface area contributed by atoms with Gasteiger partial charge in [0.15, 0.2) is 0 Å². The van der Waals surface area contributed by atoms with E-state index in [0.717, 1.165) is 48.3 Å². The van der Waals surface area contributed by atoms with Gasteiger partial charge in [-0.15, -0.1) is 0 Å². The van der Waals surface area contributed by atoms with Gasteiger partial charge in [-0.1, -0.05) is 0 Å². The molecule has 1 fully saturated rings. The van der Waals surface area contributed by atoms with Crippen LogP contribution >= 0.6 is 0 Å². The zero-order valence-corrected chi connectivity index (χ0v) is 10.5. The summed E-state index contributed by atoms with van der Waals surface area (Å²) in [7, 11) is 0. The molecule has 0 spiro atoms. The lowest BCUT2D eigenvalue weighted by atomic mass is 10.0. The zero-order chi connectivity index (χ0) is 12.6. The van der Waals surface area contributed by atoms with Crippen molar-refractivity contribution < 1.29 is 4.74 Å². The minimum atomic E-state index is -0.0740. The van der Waals surface area contributed by atoms with Crippen molar-refractivity contribution >= 4 is 22.3 Å². The standard InChI is InChI=1S/C13H18N4O/c1-13(3-2-4-18-13)8-15-12-6-11-9(5-10(12)14)7-16-17-11/h5-7,15H,2-4,8,14H2,1H3,(H,16,17). The first-order valence-corrected chi connectivity index (χ1v) is 6.27. The first-order valence-electron chi connectivity index (χ1n) is 6.27. The lowest BCUT2D eigenvalue weighted by Gasteiger charge is -2.24. The Bertz CT molecular complexity index is 557. The van der Waals surface area contributed by atoms with Crippen molar-refractivity contribution in [2.75, 3.05) is 24.2 Å². The number of hydrogen-bond acceptors (Lipinski definition) is 4. The van der Waals surface area contributed by atoms with Gasteiger partial charge in [-0.3, -0.25) is 5.10 Å². The Morgan fingerprint density at radius 2 is 2.44 bits per heavy atom. The van der Waals surface area contributed by atoms with Crippen LogP contribution in [-0.4, -0.2) is 29.0 Å². The second kappa shape index (κ2) is 4.17. The SMILES string of the molecule is CC1(CNc2cc3[nH]ncc3cc2N)CCCO1. The van der Waals surface area contributed by atoms with E-state index in [1.54, 1.807) is 6.20 Å². The lowest BCUT2D eigenvalue weighted by molar-refractivity contribution is 0.0315. The maximum absolute atomic E-state index is 6.03. The number of nitrogens with two attached hydrogens (primary N) is 1. The van der Waals surface area contributed by atoms with Gasteiger partial charge >= 0.3 is 0 Å². The number of benzene rings is 1. The number of hydrogen-bond donors (Lipinski definition) is 3. The first-order chi connectivity index (χ1) is 8.66. The number of ether oxygens (including phenoxy) is 1. The number of nitrogens with zero attached hydrogens (tertiary/aromatic N) is 1. The highest BCUT2D eigenvalue weighted by atomic mass is 16.5. The molecule has 3 rings (SSSR count). The molecular formula is C13H18N4O. The number of nitrogens with one attached hydrogen (secondary N) is 2. The van der Waals surface area contributed by atoms with E-state index < -0.39 is 0 Å². The zero-order valence-electron chi connectivity index (χ0n) is 10.5. The van der Waals surface area contributed by atoms with Crippen LogP contribution in [0.25, 0.3) is 10.9 Å². The summed E-state index contributed by atoms with van der Waals surface area (Å²) >= 11 is 0. The quantitative estimate of drug-likeness (QED) is 0.725. The maximum atomic E-state index is 6.03. The third-order valence-electron chi connectivity index (χ3n) is 3.56. The van der Waals surface area contributed by atoms with E-state index in [1.807, 2.05) is 12.1 Å². The van der Waals surface area contributed by atoms with E-state index in [9.17, 15) is 0 Å². The van der Waals surface area contributed by atoms with Gasteiger partial charge in [0.2, 0.25) is 0 Å². The van der Waals surface area contributed by atoms with Gasteiger partial charge < -0.3 is 15.8 Å². The Balaban J connectivity index is 1.79. The number of H-pyrrole nitrogens is 1. The number of aromatic nitrogens is 2. The van der Waals surface area contributed by atoms with Crippen molar-refractivity contribution in [3.63, 3.8) is 0 Å². The molecule has 1 aliphatic rings. The third kappa shape index (κ3) is 2.01. The summed E-state index contributed by atoms with van der Waals surface area (Å²) < 4.78 is 5.75. The van der Waals surface area contributed by atoms with Crippen molar-refractivity contribution in [2.24, 2.45) is 0 Å². The fraction of sp³-hybridized carbons (Fsp3) is 0.462. The monoisotopic (exact) mass is 246 g/mol. The summed E-state index contributed by atoms with van der Waals surface area (Å²) in [5.41, 5.74) is 8.62. The molecule has 1 aromatic carbocycles. The van der Waals surface area contributed by atoms with E-state index in [4.69, 9.17) is 10.5 Å². The lowest BCUT2D eigenvalue weighted by Crippen LogP contribution is -2.32.